The van der Waals surface area contributed by atoms with Crippen molar-refractivity contribution in [1.82, 2.24) is 28.7 Å². The van der Waals surface area contributed by atoms with E-state index in [0.29, 0.717) is 19.3 Å². The molecule has 4 aromatic carbocycles. The van der Waals surface area contributed by atoms with Crippen LogP contribution in [-0.2, 0) is 19.3 Å². The Bertz CT molecular complexity index is 1940. The Kier molecular flexibility index (Phi) is 6.05. The van der Waals surface area contributed by atoms with Crippen LogP contribution in [-0.4, -0.2) is 28.7 Å². The smallest absolute Gasteiger partial charge is 0.126 e. The molecule has 0 saturated carbocycles. The van der Waals surface area contributed by atoms with E-state index < -0.39 is 0 Å². The number of imidazole rings is 3. The minimum Gasteiger partial charge on any atom is -0.293 e. The van der Waals surface area contributed by atoms with Gasteiger partial charge in [-0.1, -0.05) is 72.4 Å². The lowest BCUT2D eigenvalue weighted by atomic mass is 10.2. The monoisotopic (exact) mass is 540 g/mol. The van der Waals surface area contributed by atoms with Crippen molar-refractivity contribution >= 4 is 33.1 Å². The molecule has 0 amide bonds. The maximum atomic E-state index is 5.88. The quantitative estimate of drug-likeness (QED) is 0.235. The van der Waals surface area contributed by atoms with Crippen LogP contribution < -0.4 is 0 Å². The van der Waals surface area contributed by atoms with Crippen LogP contribution >= 0.6 is 0 Å². The van der Waals surface area contributed by atoms with Crippen LogP contribution in [0.4, 0.5) is 0 Å². The number of fused-ring (bicyclic) bond motifs is 6. The highest BCUT2D eigenvalue weighted by Crippen LogP contribution is 2.40. The zero-order chi connectivity index (χ0) is 28.6. The summed E-state index contributed by atoms with van der Waals surface area (Å²) >= 11 is 0. The number of para-hydroxylation sites is 3. The van der Waals surface area contributed by atoms with Crippen LogP contribution in [0.3, 0.4) is 0 Å². The number of nitrogens with zero attached hydrogens (tertiary/aromatic N) is 6. The van der Waals surface area contributed by atoms with Gasteiger partial charge in [0.1, 0.15) is 50.6 Å². The predicted octanol–water partition coefficient (Wildman–Crippen LogP) is 6.23. The van der Waals surface area contributed by atoms with E-state index in [0.717, 1.165) is 67.6 Å². The Hall–Kier alpha value is -6.03. The zero-order valence-corrected chi connectivity index (χ0v) is 22.7. The number of hydrogen-bond acceptors (Lipinski definition) is 3. The largest absolute Gasteiger partial charge is 0.293 e. The fraction of sp³-hybridized carbons (Fsp3) is 0.0833. The first-order valence-electron chi connectivity index (χ1n) is 13.6. The highest BCUT2D eigenvalue weighted by molar-refractivity contribution is 6.20. The fourth-order valence-electron chi connectivity index (χ4n) is 5.75. The summed E-state index contributed by atoms with van der Waals surface area (Å²) < 4.78 is 6.34. The number of benzene rings is 4. The predicted molar refractivity (Wildman–Crippen MR) is 168 cm³/mol. The van der Waals surface area contributed by atoms with Gasteiger partial charge < -0.3 is 0 Å². The number of rotatable bonds is 6. The van der Waals surface area contributed by atoms with E-state index in [1.54, 1.807) is 0 Å². The average Bonchev–Trinajstić information content (AvgIpc) is 3.70. The molecule has 0 aliphatic carbocycles. The first-order chi connectivity index (χ1) is 20.7. The molecule has 0 spiro atoms. The van der Waals surface area contributed by atoms with E-state index in [4.69, 9.17) is 34.2 Å². The first-order valence-corrected chi connectivity index (χ1v) is 13.6. The van der Waals surface area contributed by atoms with Gasteiger partial charge in [0.05, 0.1) is 19.3 Å². The summed E-state index contributed by atoms with van der Waals surface area (Å²) in [4.78, 5) is 15.6. The molecule has 198 valence electrons. The molecule has 0 saturated heterocycles. The third kappa shape index (κ3) is 3.77. The van der Waals surface area contributed by atoms with Crippen LogP contribution in [0.5, 0.6) is 0 Å². The molecular formula is C36H24N6. The molecule has 7 rings (SSSR count). The van der Waals surface area contributed by atoms with Crippen molar-refractivity contribution in [3.05, 3.63) is 108 Å². The summed E-state index contributed by atoms with van der Waals surface area (Å²) in [5, 5.41) is 0. The Morgan fingerprint density at radius 3 is 0.929 bits per heavy atom. The minimum atomic E-state index is 0.333. The number of hydrogen-bond donors (Lipinski definition) is 0. The molecule has 3 heterocycles. The molecule has 0 atom stereocenters. The second-order valence-corrected chi connectivity index (χ2v) is 9.83. The van der Waals surface area contributed by atoms with Crippen molar-refractivity contribution in [2.24, 2.45) is 0 Å². The minimum absolute atomic E-state index is 0.333. The summed E-state index contributed by atoms with van der Waals surface area (Å²) in [5.41, 5.74) is 7.57. The van der Waals surface area contributed by atoms with E-state index in [-0.39, 0.29) is 0 Å². The number of aromatic nitrogens is 6. The van der Waals surface area contributed by atoms with Crippen molar-refractivity contribution in [2.45, 2.75) is 19.3 Å². The highest BCUT2D eigenvalue weighted by atomic mass is 15.2. The van der Waals surface area contributed by atoms with Gasteiger partial charge in [0.15, 0.2) is 0 Å². The molecule has 0 unspecified atom stereocenters. The average molecular weight is 541 g/mol. The molecule has 0 radical (unpaired) electrons. The lowest BCUT2D eigenvalue weighted by Crippen LogP contribution is -2.02. The lowest BCUT2D eigenvalue weighted by Gasteiger charge is -2.11. The van der Waals surface area contributed by atoms with Crippen LogP contribution in [0.15, 0.2) is 91.0 Å². The van der Waals surface area contributed by atoms with E-state index in [9.17, 15) is 0 Å². The van der Waals surface area contributed by atoms with Crippen molar-refractivity contribution in [3.63, 3.8) is 0 Å². The summed E-state index contributed by atoms with van der Waals surface area (Å²) in [7, 11) is 0. The van der Waals surface area contributed by atoms with Gasteiger partial charge in [-0.2, -0.15) is 0 Å². The molecule has 6 nitrogen and oxygen atoms in total. The fourth-order valence-corrected chi connectivity index (χ4v) is 5.75. The molecule has 0 aliphatic rings. The maximum Gasteiger partial charge on any atom is 0.126 e. The molecule has 0 fully saturated rings. The SMILES string of the molecule is C#CCc1nc2c(c3nc(CC#C)n(-c4ccccc4)c3c3nc(CC#C)n(-c4ccccc4)c23)n1-c1ccccc1. The van der Waals surface area contributed by atoms with E-state index >= 15 is 0 Å². The Morgan fingerprint density at radius 1 is 0.429 bits per heavy atom. The standard InChI is InChI=1S/C36H24N6/c1-4-16-28-37-31-34(40(28)25-19-10-7-11-20-25)32-36(42(29(38-32)17-5-2)27-23-14-9-15-24-27)33-35(31)41(30(39-33)18-6-3)26-21-12-8-13-22-26/h1-3,7-15,19-24H,16-18H2. The van der Waals surface area contributed by atoms with Gasteiger partial charge in [-0.15, -0.1) is 19.3 Å². The lowest BCUT2D eigenvalue weighted by molar-refractivity contribution is 0.957. The topological polar surface area (TPSA) is 53.5 Å². The Labute approximate surface area is 243 Å². The zero-order valence-electron chi connectivity index (χ0n) is 22.7. The maximum absolute atomic E-state index is 5.88. The van der Waals surface area contributed by atoms with Crippen LogP contribution in [0, 0.1) is 37.0 Å². The van der Waals surface area contributed by atoms with Crippen molar-refractivity contribution < 1.29 is 0 Å². The Balaban J connectivity index is 1.79. The van der Waals surface area contributed by atoms with Crippen LogP contribution in [0.2, 0.25) is 0 Å². The molecule has 6 heteroatoms. The van der Waals surface area contributed by atoms with Gasteiger partial charge in [-0.25, -0.2) is 15.0 Å². The van der Waals surface area contributed by atoms with E-state index in [1.165, 1.54) is 0 Å². The van der Waals surface area contributed by atoms with Gasteiger partial charge in [0, 0.05) is 17.1 Å². The van der Waals surface area contributed by atoms with Gasteiger partial charge >= 0.3 is 0 Å². The number of terminal acetylenes is 3. The van der Waals surface area contributed by atoms with E-state index in [1.807, 2.05) is 91.0 Å². The summed E-state index contributed by atoms with van der Waals surface area (Å²) in [6.45, 7) is 0. The molecule has 0 aliphatic heterocycles. The highest BCUT2D eigenvalue weighted by Gasteiger charge is 2.28. The van der Waals surface area contributed by atoms with Crippen LogP contribution in [0.1, 0.15) is 17.5 Å². The van der Waals surface area contributed by atoms with E-state index in [2.05, 4.69) is 31.5 Å². The molecule has 7 aromatic rings. The molecular weight excluding hydrogens is 516 g/mol. The van der Waals surface area contributed by atoms with Gasteiger partial charge in [0.25, 0.3) is 0 Å². The van der Waals surface area contributed by atoms with Crippen molar-refractivity contribution in [2.75, 3.05) is 0 Å². The van der Waals surface area contributed by atoms with Gasteiger partial charge in [0.2, 0.25) is 0 Å². The molecule has 0 N–H and O–H groups in total. The van der Waals surface area contributed by atoms with Crippen molar-refractivity contribution in [1.29, 1.82) is 0 Å². The summed E-state index contributed by atoms with van der Waals surface area (Å²) in [6, 6.07) is 30.3. The normalized spacial score (nSPS) is 11.1. The molecule has 42 heavy (non-hydrogen) atoms. The third-order valence-corrected chi connectivity index (χ3v) is 7.34. The second kappa shape index (κ2) is 10.2. The van der Waals surface area contributed by atoms with Gasteiger partial charge in [-0.05, 0) is 36.4 Å². The molecule has 3 aromatic heterocycles. The summed E-state index contributed by atoms with van der Waals surface area (Å²) in [5.74, 6) is 10.6. The first kappa shape index (κ1) is 25.0. The van der Waals surface area contributed by atoms with Crippen LogP contribution in [0.25, 0.3) is 50.2 Å². The van der Waals surface area contributed by atoms with Gasteiger partial charge in [-0.3, -0.25) is 13.7 Å². The summed E-state index contributed by atoms with van der Waals surface area (Å²) in [6.07, 6.45) is 18.6. The molecule has 0 bridgehead atoms. The second-order valence-electron chi connectivity index (χ2n) is 9.83. The third-order valence-electron chi connectivity index (χ3n) is 7.34. The Morgan fingerprint density at radius 2 is 0.690 bits per heavy atom. The van der Waals surface area contributed by atoms with Crippen molar-refractivity contribution in [3.8, 4) is 54.1 Å².